The maximum absolute atomic E-state index is 13.0. The third kappa shape index (κ3) is 3.97. The minimum atomic E-state index is -0.672. The molecule has 8 heteroatoms. The summed E-state index contributed by atoms with van der Waals surface area (Å²) in [5, 5.41) is 19.7. The average molecular weight is 418 g/mol. The predicted molar refractivity (Wildman–Crippen MR) is 114 cm³/mol. The number of nitrogens with zero attached hydrogens (tertiary/aromatic N) is 1. The van der Waals surface area contributed by atoms with E-state index in [0.717, 1.165) is 0 Å². The Morgan fingerprint density at radius 3 is 2.48 bits per heavy atom. The minimum absolute atomic E-state index is 0.0186. The lowest BCUT2D eigenvalue weighted by molar-refractivity contribution is 0.0735. The van der Waals surface area contributed by atoms with Gasteiger partial charge in [0, 0.05) is 11.6 Å². The standard InChI is InChI=1S/C23H16NO7/c1-29-20-5-3-2-4-17(20)19-13-30-21-12-16(10-11-18(21)22(19)25)31-23(26)14-6-8-15(9-7-14)24(27)28/h2-13,27H,1H3/q-1. The van der Waals surface area contributed by atoms with Gasteiger partial charge in [-0.25, -0.2) is 4.79 Å². The summed E-state index contributed by atoms with van der Waals surface area (Å²) < 4.78 is 16.3. The van der Waals surface area contributed by atoms with Gasteiger partial charge in [0.25, 0.3) is 0 Å². The molecule has 0 bridgehead atoms. The minimum Gasteiger partial charge on any atom is -0.733 e. The van der Waals surface area contributed by atoms with Gasteiger partial charge in [-0.2, -0.15) is 0 Å². The lowest BCUT2D eigenvalue weighted by Gasteiger charge is -2.21. The van der Waals surface area contributed by atoms with E-state index in [2.05, 4.69) is 0 Å². The molecule has 31 heavy (non-hydrogen) atoms. The van der Waals surface area contributed by atoms with Crippen LogP contribution in [-0.2, 0) is 0 Å². The second-order valence-electron chi connectivity index (χ2n) is 6.55. The molecule has 3 aromatic carbocycles. The highest BCUT2D eigenvalue weighted by molar-refractivity contribution is 5.92. The quantitative estimate of drug-likeness (QED) is 0.289. The number of para-hydroxylation sites is 1. The van der Waals surface area contributed by atoms with Crippen molar-refractivity contribution < 1.29 is 23.9 Å². The number of esters is 1. The van der Waals surface area contributed by atoms with Gasteiger partial charge in [-0.05, 0) is 42.5 Å². The van der Waals surface area contributed by atoms with Crippen LogP contribution >= 0.6 is 0 Å². The van der Waals surface area contributed by atoms with E-state index in [0.29, 0.717) is 22.3 Å². The van der Waals surface area contributed by atoms with Crippen LogP contribution in [-0.4, -0.2) is 18.3 Å². The molecule has 4 aromatic rings. The third-order valence-electron chi connectivity index (χ3n) is 4.68. The van der Waals surface area contributed by atoms with Crippen molar-refractivity contribution in [3.63, 3.8) is 0 Å². The zero-order chi connectivity index (χ0) is 22.0. The number of rotatable bonds is 5. The molecule has 0 spiro atoms. The van der Waals surface area contributed by atoms with E-state index in [4.69, 9.17) is 19.1 Å². The largest absolute Gasteiger partial charge is 0.733 e. The van der Waals surface area contributed by atoms with Gasteiger partial charge in [0.1, 0.15) is 23.3 Å². The Kier molecular flexibility index (Phi) is 5.40. The topological polar surface area (TPSA) is 112 Å². The molecule has 8 nitrogen and oxygen atoms in total. The lowest BCUT2D eigenvalue weighted by atomic mass is 10.0. The average Bonchev–Trinajstić information content (AvgIpc) is 2.79. The Balaban J connectivity index is 1.63. The smallest absolute Gasteiger partial charge is 0.343 e. The number of carbonyl (C=O) groups excluding carboxylic acids is 1. The van der Waals surface area contributed by atoms with Gasteiger partial charge in [0.15, 0.2) is 0 Å². The predicted octanol–water partition coefficient (Wildman–Crippen LogP) is 4.38. The molecule has 0 aliphatic carbocycles. The zero-order valence-electron chi connectivity index (χ0n) is 16.3. The van der Waals surface area contributed by atoms with E-state index < -0.39 is 5.97 Å². The van der Waals surface area contributed by atoms with Crippen LogP contribution in [0.25, 0.3) is 22.1 Å². The highest BCUT2D eigenvalue weighted by Crippen LogP contribution is 2.29. The van der Waals surface area contributed by atoms with Crippen LogP contribution in [0.2, 0.25) is 0 Å². The van der Waals surface area contributed by atoms with Gasteiger partial charge >= 0.3 is 5.97 Å². The van der Waals surface area contributed by atoms with Crippen molar-refractivity contribution in [3.05, 3.63) is 94.0 Å². The molecule has 0 unspecified atom stereocenters. The summed E-state index contributed by atoms with van der Waals surface area (Å²) in [5.74, 6) is 0.0590. The fourth-order valence-electron chi connectivity index (χ4n) is 3.12. The summed E-state index contributed by atoms with van der Waals surface area (Å²) in [6.45, 7) is 0. The van der Waals surface area contributed by atoms with Crippen LogP contribution in [0.5, 0.6) is 11.5 Å². The molecule has 0 saturated heterocycles. The van der Waals surface area contributed by atoms with Gasteiger partial charge in [-0.1, -0.05) is 18.2 Å². The van der Waals surface area contributed by atoms with E-state index in [-0.39, 0.29) is 33.2 Å². The molecular weight excluding hydrogens is 402 g/mol. The second-order valence-corrected chi connectivity index (χ2v) is 6.55. The van der Waals surface area contributed by atoms with Crippen LogP contribution < -0.4 is 20.1 Å². The summed E-state index contributed by atoms with van der Waals surface area (Å²) in [7, 11) is 1.52. The highest BCUT2D eigenvalue weighted by atomic mass is 16.8. The molecule has 156 valence electrons. The van der Waals surface area contributed by atoms with E-state index in [1.54, 1.807) is 24.3 Å². The summed E-state index contributed by atoms with van der Waals surface area (Å²) in [6.07, 6.45) is 1.34. The molecule has 0 saturated carbocycles. The van der Waals surface area contributed by atoms with Gasteiger partial charge in [-0.3, -0.25) is 10.0 Å². The Bertz CT molecular complexity index is 1310. The Morgan fingerprint density at radius 1 is 1.03 bits per heavy atom. The first kappa shape index (κ1) is 20.1. The van der Waals surface area contributed by atoms with Crippen LogP contribution in [0.1, 0.15) is 10.4 Å². The number of carbonyl (C=O) groups is 1. The van der Waals surface area contributed by atoms with Crippen molar-refractivity contribution >= 4 is 22.6 Å². The zero-order valence-corrected chi connectivity index (χ0v) is 16.3. The molecule has 0 atom stereocenters. The molecule has 1 heterocycles. The first-order valence-corrected chi connectivity index (χ1v) is 9.15. The van der Waals surface area contributed by atoms with Crippen LogP contribution in [0, 0.1) is 5.21 Å². The Labute approximate surface area is 176 Å². The highest BCUT2D eigenvalue weighted by Gasteiger charge is 2.15. The fourth-order valence-corrected chi connectivity index (χ4v) is 3.12. The SMILES string of the molecule is COc1ccccc1-c1coc2cc(OC(=O)c3ccc(N([O-])O)cc3)ccc2c1=O. The number of methoxy groups -OCH3 is 1. The second kappa shape index (κ2) is 8.31. The van der Waals surface area contributed by atoms with Gasteiger partial charge < -0.3 is 24.3 Å². The van der Waals surface area contributed by atoms with Crippen LogP contribution in [0.15, 0.2) is 82.2 Å². The van der Waals surface area contributed by atoms with Gasteiger partial charge in [0.2, 0.25) is 5.43 Å². The summed E-state index contributed by atoms with van der Waals surface area (Å²) in [4.78, 5) is 25.3. The van der Waals surface area contributed by atoms with Crippen LogP contribution in [0.4, 0.5) is 5.69 Å². The molecule has 0 amide bonds. The summed E-state index contributed by atoms with van der Waals surface area (Å²) >= 11 is 0. The maximum Gasteiger partial charge on any atom is 0.343 e. The fraction of sp³-hybridized carbons (Fsp3) is 0.0435. The lowest BCUT2D eigenvalue weighted by Crippen LogP contribution is -2.11. The molecule has 0 aliphatic heterocycles. The number of fused-ring (bicyclic) bond motifs is 1. The molecular formula is C23H16NO7-. The third-order valence-corrected chi connectivity index (χ3v) is 4.68. The van der Waals surface area contributed by atoms with Crippen LogP contribution in [0.3, 0.4) is 0 Å². The number of anilines is 1. The monoisotopic (exact) mass is 418 g/mol. The first-order valence-electron chi connectivity index (χ1n) is 9.15. The number of benzene rings is 3. The Morgan fingerprint density at radius 2 is 1.77 bits per heavy atom. The van der Waals surface area contributed by atoms with E-state index in [1.807, 2.05) is 0 Å². The molecule has 1 N–H and O–H groups in total. The van der Waals surface area contributed by atoms with Gasteiger partial charge in [0.05, 0.1) is 29.3 Å². The Hall–Kier alpha value is -4.14. The van der Waals surface area contributed by atoms with Gasteiger partial charge in [-0.15, -0.1) is 0 Å². The number of hydrogen-bond acceptors (Lipinski definition) is 8. The molecule has 1 aromatic heterocycles. The van der Waals surface area contributed by atoms with Crippen molar-refractivity contribution in [2.24, 2.45) is 0 Å². The maximum atomic E-state index is 13.0. The van der Waals surface area contributed by atoms with E-state index in [1.165, 1.54) is 55.8 Å². The normalized spacial score (nSPS) is 10.7. The van der Waals surface area contributed by atoms with E-state index >= 15 is 0 Å². The van der Waals surface area contributed by atoms with Crippen molar-refractivity contribution in [1.29, 1.82) is 0 Å². The first-order chi connectivity index (χ1) is 15.0. The molecule has 4 rings (SSSR count). The molecule has 0 aliphatic rings. The van der Waals surface area contributed by atoms with E-state index in [9.17, 15) is 14.8 Å². The molecule has 0 fully saturated rings. The number of hydrogen-bond donors (Lipinski definition) is 1. The summed E-state index contributed by atoms with van der Waals surface area (Å²) in [6, 6.07) is 16.8. The summed E-state index contributed by atoms with van der Waals surface area (Å²) in [5.41, 5.74) is 1.13. The van der Waals surface area contributed by atoms with Crippen molar-refractivity contribution in [2.45, 2.75) is 0 Å². The molecule has 0 radical (unpaired) electrons. The van der Waals surface area contributed by atoms with Crippen molar-refractivity contribution in [3.8, 4) is 22.6 Å². The van der Waals surface area contributed by atoms with Crippen molar-refractivity contribution in [1.82, 2.24) is 0 Å². The van der Waals surface area contributed by atoms with Crippen molar-refractivity contribution in [2.75, 3.05) is 12.3 Å². The number of ether oxygens (including phenoxy) is 2.